The zero-order valence-corrected chi connectivity index (χ0v) is 9.65. The van der Waals surface area contributed by atoms with Crippen molar-refractivity contribution in [3.8, 4) is 0 Å². The van der Waals surface area contributed by atoms with Crippen molar-refractivity contribution in [2.24, 2.45) is 11.8 Å². The molecule has 2 aliphatic rings. The van der Waals surface area contributed by atoms with Crippen LogP contribution in [0.4, 0.5) is 0 Å². The van der Waals surface area contributed by atoms with E-state index in [-0.39, 0.29) is 0 Å². The maximum atomic E-state index is 10.8. The van der Waals surface area contributed by atoms with Gasteiger partial charge in [-0.15, -0.1) is 0 Å². The fourth-order valence-electron chi connectivity index (χ4n) is 3.64. The number of aromatic amines is 1. The van der Waals surface area contributed by atoms with Crippen molar-refractivity contribution < 1.29 is 5.11 Å². The van der Waals surface area contributed by atoms with Crippen LogP contribution in [0.2, 0.25) is 0 Å². The Morgan fingerprint density at radius 1 is 1.19 bits per heavy atom. The molecule has 0 amide bonds. The molecule has 2 unspecified atom stereocenters. The molecule has 0 radical (unpaired) electrons. The van der Waals surface area contributed by atoms with E-state index in [1.165, 1.54) is 32.1 Å². The highest BCUT2D eigenvalue weighted by molar-refractivity contribution is 5.11. The van der Waals surface area contributed by atoms with Crippen LogP contribution in [0.5, 0.6) is 0 Å². The van der Waals surface area contributed by atoms with Crippen LogP contribution < -0.4 is 0 Å². The minimum Gasteiger partial charge on any atom is -0.384 e. The van der Waals surface area contributed by atoms with Crippen LogP contribution >= 0.6 is 0 Å². The number of nitrogens with zero attached hydrogens (tertiary/aromatic N) is 1. The second kappa shape index (κ2) is 3.88. The minimum absolute atomic E-state index is 0.636. The normalized spacial score (nSPS) is 39.3. The molecule has 3 heteroatoms. The van der Waals surface area contributed by atoms with Gasteiger partial charge in [0, 0.05) is 6.20 Å². The SMILES string of the molecule is OC1(c2ccn[nH]2)CC2CCC[C@H](CC2)C1. The Bertz CT molecular complexity index is 333. The molecule has 2 N–H and O–H groups in total. The molecule has 3 rings (SSSR count). The van der Waals surface area contributed by atoms with Crippen molar-refractivity contribution in [2.45, 2.75) is 50.5 Å². The number of rotatable bonds is 1. The first kappa shape index (κ1) is 10.3. The van der Waals surface area contributed by atoms with Crippen LogP contribution in [0.15, 0.2) is 12.3 Å². The highest BCUT2D eigenvalue weighted by Crippen LogP contribution is 2.45. The summed E-state index contributed by atoms with van der Waals surface area (Å²) in [6.07, 6.45) is 10.2. The molecule has 0 spiro atoms. The smallest absolute Gasteiger partial charge is 0.106 e. The highest BCUT2D eigenvalue weighted by atomic mass is 16.3. The third-order valence-corrected chi connectivity index (χ3v) is 4.46. The van der Waals surface area contributed by atoms with E-state index in [1.54, 1.807) is 6.20 Å². The second-order valence-electron chi connectivity index (χ2n) is 5.65. The lowest BCUT2D eigenvalue weighted by Crippen LogP contribution is -2.31. The van der Waals surface area contributed by atoms with E-state index in [0.29, 0.717) is 11.8 Å². The molecule has 1 aromatic heterocycles. The quantitative estimate of drug-likeness (QED) is 0.764. The molecule has 88 valence electrons. The lowest BCUT2D eigenvalue weighted by atomic mass is 9.79. The molecule has 2 fully saturated rings. The molecule has 0 aliphatic heterocycles. The van der Waals surface area contributed by atoms with Gasteiger partial charge in [0.05, 0.1) is 5.69 Å². The van der Waals surface area contributed by atoms with E-state index in [2.05, 4.69) is 10.2 Å². The first-order valence-corrected chi connectivity index (χ1v) is 6.48. The molecule has 0 aromatic carbocycles. The number of H-pyrrole nitrogens is 1. The largest absolute Gasteiger partial charge is 0.384 e. The zero-order valence-electron chi connectivity index (χ0n) is 9.65. The minimum atomic E-state index is -0.636. The third kappa shape index (κ3) is 1.77. The molecule has 2 bridgehead atoms. The number of aromatic nitrogens is 2. The molecule has 3 nitrogen and oxygen atoms in total. The standard InChI is InChI=1S/C13H20N2O/c16-13(12-6-7-14-15-12)8-10-2-1-3-11(9-13)5-4-10/h6-7,10-11,16H,1-5,8-9H2,(H,14,15)/t10-,11?,13?/m1/s1. The van der Waals surface area contributed by atoms with Gasteiger partial charge in [-0.2, -0.15) is 5.10 Å². The zero-order chi connectivity index (χ0) is 11.0. The van der Waals surface area contributed by atoms with Crippen molar-refractivity contribution in [1.82, 2.24) is 10.2 Å². The van der Waals surface area contributed by atoms with Crippen LogP contribution in [0.3, 0.4) is 0 Å². The summed E-state index contributed by atoms with van der Waals surface area (Å²) >= 11 is 0. The molecule has 3 atom stereocenters. The molecular weight excluding hydrogens is 200 g/mol. The Balaban J connectivity index is 1.90. The Morgan fingerprint density at radius 2 is 1.88 bits per heavy atom. The first-order valence-electron chi connectivity index (χ1n) is 6.48. The topological polar surface area (TPSA) is 48.9 Å². The summed E-state index contributed by atoms with van der Waals surface area (Å²) in [6.45, 7) is 0. The monoisotopic (exact) mass is 220 g/mol. The van der Waals surface area contributed by atoms with Gasteiger partial charge >= 0.3 is 0 Å². The Kier molecular flexibility index (Phi) is 2.51. The van der Waals surface area contributed by atoms with Crippen molar-refractivity contribution in [3.63, 3.8) is 0 Å². The van der Waals surface area contributed by atoms with Crippen molar-refractivity contribution in [1.29, 1.82) is 0 Å². The van der Waals surface area contributed by atoms with Crippen LogP contribution in [-0.4, -0.2) is 15.3 Å². The number of fused-ring (bicyclic) bond motifs is 3. The van der Waals surface area contributed by atoms with Gasteiger partial charge in [0.2, 0.25) is 0 Å². The number of hydrogen-bond donors (Lipinski definition) is 2. The maximum Gasteiger partial charge on any atom is 0.106 e. The van der Waals surface area contributed by atoms with Crippen LogP contribution in [0, 0.1) is 11.8 Å². The van der Waals surface area contributed by atoms with Gasteiger partial charge in [-0.05, 0) is 30.7 Å². The molecule has 1 aromatic rings. The van der Waals surface area contributed by atoms with E-state index in [9.17, 15) is 5.11 Å². The van der Waals surface area contributed by atoms with Gasteiger partial charge in [0.15, 0.2) is 0 Å². The number of aliphatic hydroxyl groups is 1. The Morgan fingerprint density at radius 3 is 2.44 bits per heavy atom. The molecule has 1 heterocycles. The lowest BCUT2D eigenvalue weighted by molar-refractivity contribution is -0.0129. The molecule has 0 saturated heterocycles. The molecule has 2 aliphatic carbocycles. The molecule has 16 heavy (non-hydrogen) atoms. The number of hydrogen-bond acceptors (Lipinski definition) is 2. The van der Waals surface area contributed by atoms with E-state index < -0.39 is 5.60 Å². The Labute approximate surface area is 96.3 Å². The average Bonchev–Trinajstić information content (AvgIpc) is 2.64. The van der Waals surface area contributed by atoms with Crippen molar-refractivity contribution in [2.75, 3.05) is 0 Å². The predicted octanol–water partition coefficient (Wildman–Crippen LogP) is 2.59. The van der Waals surface area contributed by atoms with E-state index in [1.807, 2.05) is 6.07 Å². The summed E-state index contributed by atoms with van der Waals surface area (Å²) in [5.41, 5.74) is 0.286. The van der Waals surface area contributed by atoms with Crippen LogP contribution in [0.1, 0.15) is 50.6 Å². The predicted molar refractivity (Wildman–Crippen MR) is 61.8 cm³/mol. The Hall–Kier alpha value is -0.830. The van der Waals surface area contributed by atoms with Gasteiger partial charge in [0.25, 0.3) is 0 Å². The molecular formula is C13H20N2O. The number of nitrogens with one attached hydrogen (secondary N) is 1. The second-order valence-corrected chi connectivity index (χ2v) is 5.65. The average molecular weight is 220 g/mol. The van der Waals surface area contributed by atoms with E-state index in [0.717, 1.165) is 18.5 Å². The summed E-state index contributed by atoms with van der Waals surface area (Å²) in [6, 6.07) is 1.93. The summed E-state index contributed by atoms with van der Waals surface area (Å²) in [7, 11) is 0. The summed E-state index contributed by atoms with van der Waals surface area (Å²) in [5, 5.41) is 17.8. The fraction of sp³-hybridized carbons (Fsp3) is 0.769. The highest BCUT2D eigenvalue weighted by Gasteiger charge is 2.40. The summed E-state index contributed by atoms with van der Waals surface area (Å²) in [5.74, 6) is 1.42. The third-order valence-electron chi connectivity index (χ3n) is 4.46. The van der Waals surface area contributed by atoms with E-state index >= 15 is 0 Å². The van der Waals surface area contributed by atoms with Crippen molar-refractivity contribution in [3.05, 3.63) is 18.0 Å². The fourth-order valence-corrected chi connectivity index (χ4v) is 3.64. The van der Waals surface area contributed by atoms with E-state index in [4.69, 9.17) is 0 Å². The van der Waals surface area contributed by atoms with Gasteiger partial charge in [-0.25, -0.2) is 0 Å². The van der Waals surface area contributed by atoms with Gasteiger partial charge in [-0.3, -0.25) is 5.10 Å². The van der Waals surface area contributed by atoms with Gasteiger partial charge in [-0.1, -0.05) is 32.1 Å². The molecule has 2 saturated carbocycles. The maximum absolute atomic E-state index is 10.8. The van der Waals surface area contributed by atoms with Gasteiger partial charge < -0.3 is 5.11 Å². The van der Waals surface area contributed by atoms with Crippen LogP contribution in [0.25, 0.3) is 0 Å². The first-order chi connectivity index (χ1) is 7.76. The summed E-state index contributed by atoms with van der Waals surface area (Å²) < 4.78 is 0. The van der Waals surface area contributed by atoms with Crippen molar-refractivity contribution >= 4 is 0 Å². The summed E-state index contributed by atoms with van der Waals surface area (Å²) in [4.78, 5) is 0. The lowest BCUT2D eigenvalue weighted by Gasteiger charge is -2.32. The van der Waals surface area contributed by atoms with Gasteiger partial charge in [0.1, 0.15) is 5.60 Å². The van der Waals surface area contributed by atoms with Crippen LogP contribution in [-0.2, 0) is 5.60 Å².